The Balaban J connectivity index is 1.37. The van der Waals surface area contributed by atoms with Crippen LogP contribution in [-0.4, -0.2) is 38.0 Å². The van der Waals surface area contributed by atoms with E-state index < -0.39 is 0 Å². The number of piperidine rings is 1. The third kappa shape index (κ3) is 4.15. The Kier molecular flexibility index (Phi) is 6.12. The number of Topliss-reactive ketones (excluding diaryl/α,β-unsaturated/α-hetero) is 1. The van der Waals surface area contributed by atoms with Crippen LogP contribution in [0.15, 0.2) is 36.4 Å². The number of methoxy groups -OCH3 is 2. The van der Waals surface area contributed by atoms with E-state index in [1.807, 2.05) is 6.07 Å². The summed E-state index contributed by atoms with van der Waals surface area (Å²) in [5.41, 5.74) is 2.99. The number of hydrogen-bond donors (Lipinski definition) is 0. The van der Waals surface area contributed by atoms with E-state index in [0.29, 0.717) is 28.0 Å². The third-order valence-electron chi connectivity index (χ3n) is 6.35. The van der Waals surface area contributed by atoms with Crippen LogP contribution in [0.5, 0.6) is 11.5 Å². The summed E-state index contributed by atoms with van der Waals surface area (Å²) in [6.07, 6.45) is 3.98. The fourth-order valence-electron chi connectivity index (χ4n) is 4.80. The molecule has 1 saturated heterocycles. The zero-order chi connectivity index (χ0) is 20.4. The number of rotatable bonds is 6. The molecule has 1 fully saturated rings. The van der Waals surface area contributed by atoms with Gasteiger partial charge in [-0.2, -0.15) is 0 Å². The highest BCUT2D eigenvalue weighted by Crippen LogP contribution is 2.45. The summed E-state index contributed by atoms with van der Waals surface area (Å²) in [6, 6.07) is 12.5. The highest BCUT2D eigenvalue weighted by Gasteiger charge is 2.37. The predicted octanol–water partition coefficient (Wildman–Crippen LogP) is 5.01. The molecule has 0 amide bonds. The van der Waals surface area contributed by atoms with Gasteiger partial charge in [0.15, 0.2) is 17.3 Å². The first-order valence-electron chi connectivity index (χ1n) is 10.3. The van der Waals surface area contributed by atoms with Gasteiger partial charge in [-0.1, -0.05) is 41.9 Å². The average Bonchev–Trinajstić information content (AvgIpc) is 3.05. The molecule has 5 heteroatoms. The number of nitrogens with zero attached hydrogens (tertiary/aromatic N) is 1. The molecule has 154 valence electrons. The van der Waals surface area contributed by atoms with Gasteiger partial charge in [-0.15, -0.1) is 0 Å². The second kappa shape index (κ2) is 8.76. The van der Waals surface area contributed by atoms with Gasteiger partial charge < -0.3 is 9.47 Å². The monoisotopic (exact) mass is 413 g/mol. The SMILES string of the molecule is COc1cc2c(c(Cl)c1OC)C(=O)C(CC1CCN(Cc3ccccc3)CC1)C2. The Bertz CT molecular complexity index is 875. The number of carbonyl (C=O) groups excluding carboxylic acids is 1. The van der Waals surface area contributed by atoms with Crippen molar-refractivity contribution in [2.24, 2.45) is 11.8 Å². The summed E-state index contributed by atoms with van der Waals surface area (Å²) in [7, 11) is 3.15. The van der Waals surface area contributed by atoms with Gasteiger partial charge in [-0.25, -0.2) is 0 Å². The lowest BCUT2D eigenvalue weighted by atomic mass is 9.85. The fraction of sp³-hybridized carbons (Fsp3) is 0.458. The topological polar surface area (TPSA) is 38.8 Å². The molecule has 2 aromatic carbocycles. The number of ketones is 1. The molecular formula is C24H28ClNO3. The highest BCUT2D eigenvalue weighted by atomic mass is 35.5. The minimum absolute atomic E-state index is 0.0185. The molecule has 1 unspecified atom stereocenters. The van der Waals surface area contributed by atoms with Crippen LogP contribution in [0.4, 0.5) is 0 Å². The number of carbonyl (C=O) groups is 1. The van der Waals surface area contributed by atoms with E-state index in [1.54, 1.807) is 14.2 Å². The van der Waals surface area contributed by atoms with Crippen LogP contribution >= 0.6 is 11.6 Å². The summed E-state index contributed by atoms with van der Waals surface area (Å²) in [5, 5.41) is 0.395. The van der Waals surface area contributed by atoms with E-state index in [9.17, 15) is 4.79 Å². The molecule has 4 rings (SSSR count). The Morgan fingerprint density at radius 1 is 1.10 bits per heavy atom. The number of likely N-dealkylation sites (tertiary alicyclic amines) is 1. The minimum Gasteiger partial charge on any atom is -0.493 e. The molecule has 1 heterocycles. The molecule has 0 bridgehead atoms. The first kappa shape index (κ1) is 20.2. The minimum atomic E-state index is 0.0185. The van der Waals surface area contributed by atoms with Crippen molar-refractivity contribution in [3.8, 4) is 11.5 Å². The van der Waals surface area contributed by atoms with E-state index in [2.05, 4.69) is 35.2 Å². The molecule has 0 N–H and O–H groups in total. The zero-order valence-corrected chi connectivity index (χ0v) is 17.9. The molecule has 0 saturated carbocycles. The molecule has 4 nitrogen and oxygen atoms in total. The molecule has 1 aliphatic carbocycles. The van der Waals surface area contributed by atoms with Gasteiger partial charge in [-0.3, -0.25) is 9.69 Å². The Labute approximate surface area is 177 Å². The fourth-order valence-corrected chi connectivity index (χ4v) is 5.19. The number of fused-ring (bicyclic) bond motifs is 1. The standard InChI is InChI=1S/C24H28ClNO3/c1-28-20-14-18-13-19(23(27)21(18)22(25)24(20)29-2)12-16-8-10-26(11-9-16)15-17-6-4-3-5-7-17/h3-7,14,16,19H,8-13,15H2,1-2H3. The van der Waals surface area contributed by atoms with Gasteiger partial charge in [0, 0.05) is 18.0 Å². The lowest BCUT2D eigenvalue weighted by molar-refractivity contribution is 0.0895. The molecule has 2 aromatic rings. The summed E-state index contributed by atoms with van der Waals surface area (Å²) >= 11 is 6.50. The van der Waals surface area contributed by atoms with E-state index in [-0.39, 0.29) is 11.7 Å². The van der Waals surface area contributed by atoms with Crippen LogP contribution in [0.3, 0.4) is 0 Å². The van der Waals surface area contributed by atoms with Crippen LogP contribution in [0, 0.1) is 11.8 Å². The van der Waals surface area contributed by atoms with Crippen molar-refractivity contribution in [3.63, 3.8) is 0 Å². The normalized spacial score (nSPS) is 20.0. The van der Waals surface area contributed by atoms with Gasteiger partial charge >= 0.3 is 0 Å². The summed E-state index contributed by atoms with van der Waals surface area (Å²) < 4.78 is 10.8. The second-order valence-corrected chi connectivity index (χ2v) is 8.54. The Hall–Kier alpha value is -2.04. The maximum absolute atomic E-state index is 13.1. The average molecular weight is 414 g/mol. The van der Waals surface area contributed by atoms with E-state index in [1.165, 1.54) is 5.56 Å². The molecule has 1 aliphatic heterocycles. The number of benzene rings is 2. The second-order valence-electron chi connectivity index (χ2n) is 8.17. The van der Waals surface area contributed by atoms with Crippen molar-refractivity contribution < 1.29 is 14.3 Å². The smallest absolute Gasteiger partial charge is 0.180 e. The molecular weight excluding hydrogens is 386 g/mol. The van der Waals surface area contributed by atoms with Crippen LogP contribution in [0.1, 0.15) is 40.7 Å². The van der Waals surface area contributed by atoms with Gasteiger partial charge in [0.25, 0.3) is 0 Å². The predicted molar refractivity (Wildman–Crippen MR) is 115 cm³/mol. The van der Waals surface area contributed by atoms with Crippen molar-refractivity contribution >= 4 is 17.4 Å². The quantitative estimate of drug-likeness (QED) is 0.666. The largest absolute Gasteiger partial charge is 0.493 e. The number of ether oxygens (including phenoxy) is 2. The van der Waals surface area contributed by atoms with Gasteiger partial charge in [-0.05, 0) is 61.9 Å². The number of halogens is 1. The lowest BCUT2D eigenvalue weighted by Gasteiger charge is -2.33. The van der Waals surface area contributed by atoms with Crippen molar-refractivity contribution in [3.05, 3.63) is 58.1 Å². The third-order valence-corrected chi connectivity index (χ3v) is 6.71. The summed E-state index contributed by atoms with van der Waals surface area (Å²) in [6.45, 7) is 3.20. The Morgan fingerprint density at radius 2 is 1.83 bits per heavy atom. The van der Waals surface area contributed by atoms with Crippen molar-refractivity contribution in [2.45, 2.75) is 32.2 Å². The first-order chi connectivity index (χ1) is 14.1. The van der Waals surface area contributed by atoms with Crippen molar-refractivity contribution in [1.29, 1.82) is 0 Å². The highest BCUT2D eigenvalue weighted by molar-refractivity contribution is 6.36. The van der Waals surface area contributed by atoms with E-state index in [0.717, 1.165) is 50.9 Å². The van der Waals surface area contributed by atoms with Gasteiger partial charge in [0.05, 0.1) is 19.2 Å². The Morgan fingerprint density at radius 3 is 2.48 bits per heavy atom. The maximum atomic E-state index is 13.1. The van der Waals surface area contributed by atoms with Crippen molar-refractivity contribution in [1.82, 2.24) is 4.90 Å². The van der Waals surface area contributed by atoms with E-state index in [4.69, 9.17) is 21.1 Å². The van der Waals surface area contributed by atoms with Gasteiger partial charge in [0.2, 0.25) is 0 Å². The molecule has 2 aliphatic rings. The molecule has 0 spiro atoms. The van der Waals surface area contributed by atoms with E-state index >= 15 is 0 Å². The van der Waals surface area contributed by atoms with Crippen LogP contribution < -0.4 is 9.47 Å². The van der Waals surface area contributed by atoms with Crippen LogP contribution in [-0.2, 0) is 13.0 Å². The first-order valence-corrected chi connectivity index (χ1v) is 10.7. The molecule has 1 atom stereocenters. The molecule has 0 radical (unpaired) electrons. The van der Waals surface area contributed by atoms with Gasteiger partial charge in [0.1, 0.15) is 0 Å². The number of hydrogen-bond acceptors (Lipinski definition) is 4. The van der Waals surface area contributed by atoms with Crippen molar-refractivity contribution in [2.75, 3.05) is 27.3 Å². The summed E-state index contributed by atoms with van der Waals surface area (Å²) in [4.78, 5) is 15.6. The van der Waals surface area contributed by atoms with Crippen LogP contribution in [0.2, 0.25) is 5.02 Å². The maximum Gasteiger partial charge on any atom is 0.180 e. The van der Waals surface area contributed by atoms with Crippen LogP contribution in [0.25, 0.3) is 0 Å². The lowest BCUT2D eigenvalue weighted by Crippen LogP contribution is -2.34. The molecule has 29 heavy (non-hydrogen) atoms. The molecule has 0 aromatic heterocycles. The summed E-state index contributed by atoms with van der Waals surface area (Å²) in [5.74, 6) is 1.82. The zero-order valence-electron chi connectivity index (χ0n) is 17.1.